The highest BCUT2D eigenvalue weighted by atomic mass is 35.5. The average molecular weight is 515 g/mol. The van der Waals surface area contributed by atoms with Crippen molar-refractivity contribution in [1.82, 2.24) is 9.55 Å². The Kier molecular flexibility index (Phi) is 7.21. The molecule has 1 aromatic heterocycles. The van der Waals surface area contributed by atoms with Crippen molar-refractivity contribution in [2.24, 2.45) is 0 Å². The minimum Gasteiger partial charge on any atom is -0.336 e. The van der Waals surface area contributed by atoms with E-state index in [0.717, 1.165) is 0 Å². The molecular weight excluding hydrogens is 492 g/mol. The number of rotatable bonds is 9. The molecule has 9 heteroatoms. The molecule has 1 atom stereocenters. The second kappa shape index (κ2) is 10.1. The van der Waals surface area contributed by atoms with Crippen LogP contribution in [0.3, 0.4) is 0 Å². The molecule has 0 saturated heterocycles. The van der Waals surface area contributed by atoms with Crippen LogP contribution in [-0.4, -0.2) is 26.4 Å². The molecule has 0 bridgehead atoms. The lowest BCUT2D eigenvalue weighted by atomic mass is 10.1. The lowest BCUT2D eigenvalue weighted by Gasteiger charge is -2.19. The number of hydrogen-bond donors (Lipinski definition) is 0. The lowest BCUT2D eigenvalue weighted by molar-refractivity contribution is 0.561. The normalized spacial score (nSPS) is 13.0. The van der Waals surface area contributed by atoms with E-state index in [9.17, 15) is 16.8 Å². The maximum Gasteiger partial charge on any atom is 0.182 e. The van der Waals surface area contributed by atoms with Crippen LogP contribution in [0.1, 0.15) is 21.9 Å². The fourth-order valence-corrected chi connectivity index (χ4v) is 7.00. The summed E-state index contributed by atoms with van der Waals surface area (Å²) >= 11 is 5.93. The summed E-state index contributed by atoms with van der Waals surface area (Å²) in [5, 5.41) is -0.355. The van der Waals surface area contributed by atoms with Crippen molar-refractivity contribution < 1.29 is 16.8 Å². The van der Waals surface area contributed by atoms with Crippen LogP contribution in [-0.2, 0) is 37.7 Å². The Morgan fingerprint density at radius 2 is 1.44 bits per heavy atom. The van der Waals surface area contributed by atoms with E-state index < -0.39 is 24.9 Å². The number of hydrogen-bond acceptors (Lipinski definition) is 5. The van der Waals surface area contributed by atoms with Gasteiger partial charge < -0.3 is 4.57 Å². The number of nitrogens with zero attached hydrogens (tertiary/aromatic N) is 2. The van der Waals surface area contributed by atoms with Gasteiger partial charge in [-0.3, -0.25) is 0 Å². The quantitative estimate of drug-likeness (QED) is 0.318. The molecule has 4 rings (SSSR count). The monoisotopic (exact) mass is 514 g/mol. The Labute approximate surface area is 204 Å². The topological polar surface area (TPSA) is 86.1 Å². The molecule has 0 N–H and O–H groups in total. The molecule has 0 radical (unpaired) electrons. The Bertz CT molecular complexity index is 1440. The van der Waals surface area contributed by atoms with E-state index in [1.165, 1.54) is 12.1 Å². The van der Waals surface area contributed by atoms with Gasteiger partial charge in [0.2, 0.25) is 0 Å². The summed E-state index contributed by atoms with van der Waals surface area (Å²) in [7, 11) is -7.23. The van der Waals surface area contributed by atoms with Crippen molar-refractivity contribution >= 4 is 31.3 Å². The molecule has 0 fully saturated rings. The van der Waals surface area contributed by atoms with Crippen LogP contribution >= 0.6 is 11.6 Å². The van der Waals surface area contributed by atoms with Crippen molar-refractivity contribution in [2.45, 2.75) is 28.2 Å². The summed E-state index contributed by atoms with van der Waals surface area (Å²) in [6, 6.07) is 21.7. The van der Waals surface area contributed by atoms with Gasteiger partial charge in [0, 0.05) is 24.0 Å². The molecule has 6 nitrogen and oxygen atoms in total. The number of sulfone groups is 2. The van der Waals surface area contributed by atoms with Gasteiger partial charge in [0.1, 0.15) is 5.25 Å². The van der Waals surface area contributed by atoms with Crippen molar-refractivity contribution in [2.75, 3.05) is 0 Å². The molecule has 4 aromatic rings. The highest BCUT2D eigenvalue weighted by molar-refractivity contribution is 7.91. The van der Waals surface area contributed by atoms with E-state index in [2.05, 4.69) is 4.98 Å². The first-order valence-electron chi connectivity index (χ1n) is 10.5. The molecule has 0 spiro atoms. The zero-order valence-electron chi connectivity index (χ0n) is 18.2. The molecule has 0 saturated carbocycles. The molecular formula is C25H23ClN2O4S2. The van der Waals surface area contributed by atoms with Crippen LogP contribution in [0.15, 0.2) is 102 Å². The predicted octanol–water partition coefficient (Wildman–Crippen LogP) is 4.87. The largest absolute Gasteiger partial charge is 0.336 e. The first-order chi connectivity index (χ1) is 16.2. The summed E-state index contributed by atoms with van der Waals surface area (Å²) in [6.45, 7) is 0.159. The number of aromatic nitrogens is 2. The van der Waals surface area contributed by atoms with Crippen molar-refractivity contribution in [3.63, 3.8) is 0 Å². The van der Waals surface area contributed by atoms with E-state index in [-0.39, 0.29) is 22.9 Å². The molecule has 1 unspecified atom stereocenters. The van der Waals surface area contributed by atoms with Gasteiger partial charge in [0.25, 0.3) is 0 Å². The number of imidazole rings is 1. The Morgan fingerprint density at radius 3 is 2.06 bits per heavy atom. The number of benzene rings is 3. The van der Waals surface area contributed by atoms with Gasteiger partial charge in [-0.1, -0.05) is 66.2 Å². The molecule has 0 aliphatic heterocycles. The zero-order chi connectivity index (χ0) is 24.2. The van der Waals surface area contributed by atoms with E-state index in [0.29, 0.717) is 21.7 Å². The molecule has 3 aromatic carbocycles. The minimum atomic E-state index is -3.66. The highest BCUT2D eigenvalue weighted by Gasteiger charge is 2.28. The summed E-state index contributed by atoms with van der Waals surface area (Å²) in [5.74, 6) is -0.294. The fourth-order valence-electron chi connectivity index (χ4n) is 3.69. The second-order valence-electron chi connectivity index (χ2n) is 8.00. The number of halogens is 1. The van der Waals surface area contributed by atoms with Crippen LogP contribution in [0.2, 0.25) is 5.02 Å². The van der Waals surface area contributed by atoms with Crippen LogP contribution in [0, 0.1) is 0 Å². The van der Waals surface area contributed by atoms with Crippen molar-refractivity contribution in [3.8, 4) is 0 Å². The van der Waals surface area contributed by atoms with E-state index in [1.807, 2.05) is 6.07 Å². The first-order valence-corrected chi connectivity index (χ1v) is 14.3. The molecule has 0 aliphatic carbocycles. The third kappa shape index (κ3) is 5.94. The predicted molar refractivity (Wildman–Crippen MR) is 133 cm³/mol. The van der Waals surface area contributed by atoms with Crippen LogP contribution in [0.4, 0.5) is 0 Å². The maximum atomic E-state index is 13.4. The fraction of sp³-hybridized carbons (Fsp3) is 0.160. The minimum absolute atomic E-state index is 0.124. The smallest absolute Gasteiger partial charge is 0.182 e. The van der Waals surface area contributed by atoms with Crippen LogP contribution < -0.4 is 0 Å². The van der Waals surface area contributed by atoms with E-state index in [4.69, 9.17) is 11.6 Å². The van der Waals surface area contributed by atoms with Gasteiger partial charge in [0.05, 0.1) is 22.7 Å². The summed E-state index contributed by atoms with van der Waals surface area (Å²) < 4.78 is 54.3. The van der Waals surface area contributed by atoms with Gasteiger partial charge in [-0.05, 0) is 41.0 Å². The van der Waals surface area contributed by atoms with E-state index in [1.54, 1.807) is 84.0 Å². The summed E-state index contributed by atoms with van der Waals surface area (Å²) in [4.78, 5) is 4.15. The van der Waals surface area contributed by atoms with E-state index >= 15 is 0 Å². The van der Waals surface area contributed by atoms with Crippen molar-refractivity contribution in [3.05, 3.63) is 119 Å². The highest BCUT2D eigenvalue weighted by Crippen LogP contribution is 2.29. The van der Waals surface area contributed by atoms with Gasteiger partial charge in [-0.15, -0.1) is 0 Å². The molecule has 1 heterocycles. The molecule has 0 amide bonds. The summed E-state index contributed by atoms with van der Waals surface area (Å²) in [5.41, 5.74) is 1.83. The Morgan fingerprint density at radius 1 is 0.794 bits per heavy atom. The third-order valence-electron chi connectivity index (χ3n) is 5.46. The SMILES string of the molecule is O=S(=O)(Cc1ccccc1)c1ccc(C(Cn2ccnc2)S(=O)(=O)Cc2ccc(Cl)cc2)cc1. The molecule has 176 valence electrons. The van der Waals surface area contributed by atoms with Gasteiger partial charge >= 0.3 is 0 Å². The zero-order valence-corrected chi connectivity index (χ0v) is 20.5. The van der Waals surface area contributed by atoms with Crippen molar-refractivity contribution in [1.29, 1.82) is 0 Å². The van der Waals surface area contributed by atoms with Gasteiger partial charge in [-0.25, -0.2) is 21.8 Å². The van der Waals surface area contributed by atoms with Gasteiger partial charge in [-0.2, -0.15) is 0 Å². The van der Waals surface area contributed by atoms with Gasteiger partial charge in [0.15, 0.2) is 19.7 Å². The van der Waals surface area contributed by atoms with Crippen LogP contribution in [0.5, 0.6) is 0 Å². The molecule has 0 aliphatic rings. The van der Waals surface area contributed by atoms with Crippen LogP contribution in [0.25, 0.3) is 0 Å². The third-order valence-corrected chi connectivity index (χ3v) is 9.44. The Balaban J connectivity index is 1.63. The average Bonchev–Trinajstić information content (AvgIpc) is 3.33. The molecule has 34 heavy (non-hydrogen) atoms. The second-order valence-corrected chi connectivity index (χ2v) is 12.6. The first kappa shape index (κ1) is 24.2. The standard InChI is InChI=1S/C25H23ClN2O4S2/c26-23-10-6-21(7-11-23)18-34(31,32)25(16-28-15-14-27-19-28)22-8-12-24(13-9-22)33(29,30)17-20-4-2-1-3-5-20/h1-15,19,25H,16-18H2. The lowest BCUT2D eigenvalue weighted by Crippen LogP contribution is -2.20. The maximum absolute atomic E-state index is 13.4. The Hall–Kier alpha value is -2.94. The summed E-state index contributed by atoms with van der Waals surface area (Å²) in [6.07, 6.45) is 4.84.